The predicted octanol–water partition coefficient (Wildman–Crippen LogP) is 0.987. The molecule has 0 radical (unpaired) electrons. The van der Waals surface area contributed by atoms with Crippen molar-refractivity contribution in [3.05, 3.63) is 18.2 Å². The van der Waals surface area contributed by atoms with Gasteiger partial charge >= 0.3 is 0 Å². The zero-order valence-corrected chi connectivity index (χ0v) is 14.5. The summed E-state index contributed by atoms with van der Waals surface area (Å²) in [5, 5.41) is 0. The van der Waals surface area contributed by atoms with E-state index in [9.17, 15) is 8.42 Å². The Kier molecular flexibility index (Phi) is 5.35. The van der Waals surface area contributed by atoms with E-state index in [0.29, 0.717) is 19.5 Å². The van der Waals surface area contributed by atoms with Gasteiger partial charge in [0, 0.05) is 38.6 Å². The van der Waals surface area contributed by atoms with Crippen molar-refractivity contribution in [1.29, 1.82) is 0 Å². The van der Waals surface area contributed by atoms with Crippen molar-refractivity contribution < 1.29 is 13.2 Å². The molecule has 0 unspecified atom stereocenters. The van der Waals surface area contributed by atoms with Crippen molar-refractivity contribution in [2.24, 2.45) is 0 Å². The van der Waals surface area contributed by atoms with Gasteiger partial charge in [-0.1, -0.05) is 6.92 Å². The highest BCUT2D eigenvalue weighted by Crippen LogP contribution is 2.25. The molecule has 130 valence electrons. The van der Waals surface area contributed by atoms with Crippen LogP contribution in [-0.2, 0) is 14.8 Å². The van der Waals surface area contributed by atoms with Crippen molar-refractivity contribution in [2.75, 3.05) is 38.5 Å². The quantitative estimate of drug-likeness (QED) is 0.834. The van der Waals surface area contributed by atoms with Crippen molar-refractivity contribution in [3.8, 4) is 0 Å². The molecule has 7 nitrogen and oxygen atoms in total. The molecule has 8 heteroatoms. The summed E-state index contributed by atoms with van der Waals surface area (Å²) in [4.78, 5) is 9.72. The Hall–Kier alpha value is -0.960. The Morgan fingerprint density at radius 1 is 1.43 bits per heavy atom. The maximum Gasteiger partial charge on any atom is 0.214 e. The number of hydrogen-bond donors (Lipinski definition) is 1. The first kappa shape index (κ1) is 16.9. The number of rotatable bonds is 6. The van der Waals surface area contributed by atoms with E-state index >= 15 is 0 Å². The normalized spacial score (nSPS) is 27.5. The largest absolute Gasteiger partial charge is 0.378 e. The molecular formula is C15H26N4O3S. The van der Waals surface area contributed by atoms with Crippen LogP contribution in [0, 0.1) is 0 Å². The number of imidazole rings is 1. The minimum Gasteiger partial charge on any atom is -0.378 e. The molecular weight excluding hydrogens is 316 g/mol. The van der Waals surface area contributed by atoms with Gasteiger partial charge in [0.15, 0.2) is 0 Å². The summed E-state index contributed by atoms with van der Waals surface area (Å²) in [6, 6.07) is 0.00116. The van der Waals surface area contributed by atoms with Crippen LogP contribution in [0.3, 0.4) is 0 Å². The summed E-state index contributed by atoms with van der Waals surface area (Å²) in [7, 11) is -3.24. The van der Waals surface area contributed by atoms with E-state index < -0.39 is 10.0 Å². The van der Waals surface area contributed by atoms with E-state index in [1.165, 1.54) is 0 Å². The predicted molar refractivity (Wildman–Crippen MR) is 87.5 cm³/mol. The summed E-state index contributed by atoms with van der Waals surface area (Å²) in [5.74, 6) is 1.01. The van der Waals surface area contributed by atoms with Crippen LogP contribution in [-0.4, -0.2) is 72.2 Å². The first-order valence-corrected chi connectivity index (χ1v) is 10.0. The smallest absolute Gasteiger partial charge is 0.214 e. The fraction of sp³-hybridized carbons (Fsp3) is 0.800. The van der Waals surface area contributed by atoms with Crippen LogP contribution in [0.25, 0.3) is 0 Å². The summed E-state index contributed by atoms with van der Waals surface area (Å²) in [6.45, 7) is 5.50. The summed E-state index contributed by atoms with van der Waals surface area (Å²) >= 11 is 0. The van der Waals surface area contributed by atoms with Gasteiger partial charge in [0.25, 0.3) is 0 Å². The highest BCUT2D eigenvalue weighted by atomic mass is 32.2. The monoisotopic (exact) mass is 342 g/mol. The number of nitrogens with one attached hydrogen (secondary N) is 1. The van der Waals surface area contributed by atoms with Crippen molar-refractivity contribution in [1.82, 2.24) is 19.2 Å². The molecule has 3 heterocycles. The molecule has 1 aromatic rings. The number of aromatic amines is 1. The van der Waals surface area contributed by atoms with Crippen molar-refractivity contribution in [3.63, 3.8) is 0 Å². The molecule has 1 N–H and O–H groups in total. The Morgan fingerprint density at radius 2 is 2.30 bits per heavy atom. The Bertz CT molecular complexity index is 584. The molecule has 0 saturated carbocycles. The van der Waals surface area contributed by atoms with Gasteiger partial charge in [-0.05, 0) is 25.8 Å². The number of likely N-dealkylation sites (N-methyl/N-ethyl adjacent to an activating group) is 1. The molecule has 0 amide bonds. The van der Waals surface area contributed by atoms with Crippen LogP contribution >= 0.6 is 0 Å². The van der Waals surface area contributed by atoms with E-state index in [0.717, 1.165) is 38.4 Å². The van der Waals surface area contributed by atoms with E-state index in [-0.39, 0.29) is 17.9 Å². The Morgan fingerprint density at radius 3 is 2.96 bits per heavy atom. The third-order valence-corrected chi connectivity index (χ3v) is 6.68. The Labute approximate surface area is 138 Å². The number of H-pyrrole nitrogens is 1. The molecule has 0 aliphatic carbocycles. The fourth-order valence-electron chi connectivity index (χ4n) is 3.43. The number of aromatic nitrogens is 2. The third kappa shape index (κ3) is 3.93. The average Bonchev–Trinajstić information content (AvgIpc) is 3.25. The number of piperazine rings is 1. The van der Waals surface area contributed by atoms with Gasteiger partial charge < -0.3 is 9.72 Å². The van der Waals surface area contributed by atoms with E-state index in [4.69, 9.17) is 4.74 Å². The lowest BCUT2D eigenvalue weighted by atomic mass is 10.2. The molecule has 0 bridgehead atoms. The molecule has 2 saturated heterocycles. The van der Waals surface area contributed by atoms with Crippen LogP contribution in [0.4, 0.5) is 0 Å². The van der Waals surface area contributed by atoms with Crippen molar-refractivity contribution in [2.45, 2.75) is 38.3 Å². The van der Waals surface area contributed by atoms with Crippen LogP contribution in [0.1, 0.15) is 38.1 Å². The lowest BCUT2D eigenvalue weighted by Gasteiger charge is -2.39. The number of hydrogen-bond acceptors (Lipinski definition) is 5. The number of ether oxygens (including phenoxy) is 1. The first-order chi connectivity index (χ1) is 11.1. The maximum absolute atomic E-state index is 12.7. The second kappa shape index (κ2) is 7.29. The molecule has 2 aliphatic heterocycles. The number of nitrogens with zero attached hydrogens (tertiary/aromatic N) is 3. The molecule has 23 heavy (non-hydrogen) atoms. The summed E-state index contributed by atoms with van der Waals surface area (Å²) in [5.41, 5.74) is 0. The minimum absolute atomic E-state index is 0.00116. The molecule has 0 spiro atoms. The Balaban J connectivity index is 1.64. The SMILES string of the molecule is CCN1CCN(S(=O)(=O)CC[C@H]2CCCO2)C[C@@H]1c1ncc[nH]1. The van der Waals surface area contributed by atoms with Gasteiger partial charge in [-0.25, -0.2) is 13.4 Å². The van der Waals surface area contributed by atoms with Crippen molar-refractivity contribution >= 4 is 10.0 Å². The lowest BCUT2D eigenvalue weighted by Crippen LogP contribution is -2.51. The van der Waals surface area contributed by atoms with Gasteiger partial charge in [0.2, 0.25) is 10.0 Å². The molecule has 2 atom stereocenters. The fourth-order valence-corrected chi connectivity index (χ4v) is 4.97. The van der Waals surface area contributed by atoms with E-state index in [1.807, 2.05) is 0 Å². The van der Waals surface area contributed by atoms with Crippen LogP contribution in [0.15, 0.2) is 12.4 Å². The number of sulfonamides is 1. The van der Waals surface area contributed by atoms with Gasteiger partial charge in [0.1, 0.15) is 5.82 Å². The summed E-state index contributed by atoms with van der Waals surface area (Å²) in [6.07, 6.45) is 6.24. The van der Waals surface area contributed by atoms with Crippen LogP contribution < -0.4 is 0 Å². The third-order valence-electron chi connectivity index (χ3n) is 4.81. The highest BCUT2D eigenvalue weighted by Gasteiger charge is 2.35. The molecule has 1 aromatic heterocycles. The van der Waals surface area contributed by atoms with E-state index in [1.54, 1.807) is 16.7 Å². The van der Waals surface area contributed by atoms with Crippen LogP contribution in [0.2, 0.25) is 0 Å². The zero-order valence-electron chi connectivity index (χ0n) is 13.6. The van der Waals surface area contributed by atoms with Gasteiger partial charge in [-0.2, -0.15) is 4.31 Å². The minimum atomic E-state index is -3.24. The lowest BCUT2D eigenvalue weighted by molar-refractivity contribution is 0.106. The standard InChI is InChI=1S/C15H26N4O3S/c1-2-18-8-9-19(12-14(18)15-16-6-7-17-15)23(20,21)11-5-13-4-3-10-22-13/h6-7,13-14H,2-5,8-12H2,1H3,(H,16,17)/t13-,14-/m1/s1. The molecule has 2 fully saturated rings. The summed E-state index contributed by atoms with van der Waals surface area (Å²) < 4.78 is 32.5. The first-order valence-electron chi connectivity index (χ1n) is 8.43. The van der Waals surface area contributed by atoms with Gasteiger partial charge in [-0.15, -0.1) is 0 Å². The van der Waals surface area contributed by atoms with E-state index in [2.05, 4.69) is 21.8 Å². The second-order valence-electron chi connectivity index (χ2n) is 6.22. The topological polar surface area (TPSA) is 78.5 Å². The maximum atomic E-state index is 12.7. The zero-order chi connectivity index (χ0) is 16.3. The molecule has 3 rings (SSSR count). The van der Waals surface area contributed by atoms with Gasteiger partial charge in [0.05, 0.1) is 17.9 Å². The highest BCUT2D eigenvalue weighted by molar-refractivity contribution is 7.89. The molecule has 0 aromatic carbocycles. The second-order valence-corrected chi connectivity index (χ2v) is 8.31. The van der Waals surface area contributed by atoms with Crippen LogP contribution in [0.5, 0.6) is 0 Å². The van der Waals surface area contributed by atoms with Gasteiger partial charge in [-0.3, -0.25) is 4.90 Å². The average molecular weight is 342 g/mol. The molecule has 2 aliphatic rings.